The molecule has 0 aliphatic carbocycles. The molecule has 3 N–H and O–H groups in total. The van der Waals surface area contributed by atoms with Crippen LogP contribution in [0.3, 0.4) is 0 Å². The Morgan fingerprint density at radius 2 is 1.95 bits per heavy atom. The molecule has 0 aliphatic rings. The van der Waals surface area contributed by atoms with Gasteiger partial charge in [0, 0.05) is 0 Å². The maximum Gasteiger partial charge on any atom is 0.234 e. The molecule has 1 unspecified atom stereocenters. The number of fused-ring (bicyclic) bond motifs is 1. The minimum Gasteiger partial charge on any atom is -0.393 e. The molecule has 0 saturated heterocycles. The van der Waals surface area contributed by atoms with Crippen LogP contribution in [-0.4, -0.2) is 19.6 Å². The normalized spacial score (nSPS) is 12.6. The Bertz CT molecular complexity index is 717. The van der Waals surface area contributed by atoms with Gasteiger partial charge in [0.05, 0.1) is 38.4 Å². The summed E-state index contributed by atoms with van der Waals surface area (Å²) < 4.78 is 8.21. The van der Waals surface area contributed by atoms with Crippen LogP contribution in [0.2, 0.25) is 10.0 Å². The Kier molecular flexibility index (Phi) is 4.98. The molecule has 0 bridgehead atoms. The fourth-order valence-electron chi connectivity index (χ4n) is 1.95. The average Bonchev–Trinajstić information content (AvgIpc) is 2.82. The lowest BCUT2D eigenvalue weighted by Crippen LogP contribution is -2.36. The SMILES string of the molecule is CC(C)C(C(=O)Nc1c(Cl)cc(Cl)c2nsnc12)C(N)=S. The van der Waals surface area contributed by atoms with Gasteiger partial charge in [0.1, 0.15) is 11.0 Å². The number of amides is 1. The largest absolute Gasteiger partial charge is 0.393 e. The van der Waals surface area contributed by atoms with Crippen LogP contribution < -0.4 is 11.1 Å². The minimum absolute atomic E-state index is 0.0300. The van der Waals surface area contributed by atoms with E-state index in [-0.39, 0.29) is 16.8 Å². The van der Waals surface area contributed by atoms with Crippen LogP contribution in [0.25, 0.3) is 11.0 Å². The number of halogens is 2. The summed E-state index contributed by atoms with van der Waals surface area (Å²) in [7, 11) is 0. The number of nitrogens with one attached hydrogen (secondary N) is 1. The van der Waals surface area contributed by atoms with Gasteiger partial charge in [0.2, 0.25) is 5.91 Å². The van der Waals surface area contributed by atoms with Crippen LogP contribution in [0.15, 0.2) is 6.07 Å². The highest BCUT2D eigenvalue weighted by Gasteiger charge is 2.27. The fourth-order valence-corrected chi connectivity index (χ4v) is 3.49. The third kappa shape index (κ3) is 3.26. The van der Waals surface area contributed by atoms with E-state index in [0.29, 0.717) is 26.8 Å². The molecule has 1 aromatic carbocycles. The molecule has 21 heavy (non-hydrogen) atoms. The average molecular weight is 363 g/mol. The first kappa shape index (κ1) is 16.4. The molecule has 112 valence electrons. The lowest BCUT2D eigenvalue weighted by atomic mass is 9.95. The van der Waals surface area contributed by atoms with Gasteiger partial charge >= 0.3 is 0 Å². The maximum absolute atomic E-state index is 12.4. The molecule has 0 fully saturated rings. The van der Waals surface area contributed by atoms with Gasteiger partial charge in [-0.25, -0.2) is 0 Å². The Hall–Kier alpha value is -1.02. The van der Waals surface area contributed by atoms with Crippen LogP contribution in [-0.2, 0) is 4.79 Å². The molecular formula is C12H12Cl2N4OS2. The highest BCUT2D eigenvalue weighted by molar-refractivity contribution is 7.80. The molecule has 0 saturated carbocycles. The number of rotatable bonds is 4. The number of hydrogen-bond acceptors (Lipinski definition) is 5. The van der Waals surface area contributed by atoms with Crippen molar-refractivity contribution in [3.63, 3.8) is 0 Å². The molecule has 1 aromatic heterocycles. The van der Waals surface area contributed by atoms with E-state index >= 15 is 0 Å². The molecule has 0 radical (unpaired) electrons. The van der Waals surface area contributed by atoms with Gasteiger partial charge in [-0.3, -0.25) is 4.79 Å². The van der Waals surface area contributed by atoms with Crippen molar-refractivity contribution in [2.45, 2.75) is 13.8 Å². The van der Waals surface area contributed by atoms with E-state index in [4.69, 9.17) is 41.2 Å². The van der Waals surface area contributed by atoms with Crippen molar-refractivity contribution in [1.82, 2.24) is 8.75 Å². The van der Waals surface area contributed by atoms with Gasteiger partial charge in [0.25, 0.3) is 0 Å². The molecule has 5 nitrogen and oxygen atoms in total. The Balaban J connectivity index is 2.42. The van der Waals surface area contributed by atoms with Crippen LogP contribution in [0.1, 0.15) is 13.8 Å². The summed E-state index contributed by atoms with van der Waals surface area (Å²) in [5.74, 6) is -0.943. The Morgan fingerprint density at radius 1 is 1.33 bits per heavy atom. The van der Waals surface area contributed by atoms with Gasteiger partial charge in [-0.1, -0.05) is 49.3 Å². The van der Waals surface area contributed by atoms with Gasteiger partial charge in [-0.2, -0.15) is 8.75 Å². The maximum atomic E-state index is 12.4. The highest BCUT2D eigenvalue weighted by atomic mass is 35.5. The van der Waals surface area contributed by atoms with Crippen molar-refractivity contribution in [3.05, 3.63) is 16.1 Å². The van der Waals surface area contributed by atoms with Gasteiger partial charge in [0.15, 0.2) is 0 Å². The van der Waals surface area contributed by atoms with E-state index in [1.54, 1.807) is 0 Å². The van der Waals surface area contributed by atoms with Crippen LogP contribution >= 0.6 is 47.1 Å². The zero-order chi connectivity index (χ0) is 15.7. The van der Waals surface area contributed by atoms with E-state index in [0.717, 1.165) is 11.7 Å². The number of hydrogen-bond donors (Lipinski definition) is 2. The Labute approximate surface area is 141 Å². The summed E-state index contributed by atoms with van der Waals surface area (Å²) in [6, 6.07) is 1.52. The van der Waals surface area contributed by atoms with Crippen molar-refractivity contribution < 1.29 is 4.79 Å². The van der Waals surface area contributed by atoms with Crippen LogP contribution in [0, 0.1) is 11.8 Å². The topological polar surface area (TPSA) is 80.9 Å². The van der Waals surface area contributed by atoms with Gasteiger partial charge < -0.3 is 11.1 Å². The standard InChI is InChI=1S/C12H12Cl2N4OS2/c1-4(2)7(11(15)20)12(19)16-8-5(13)3-6(14)9-10(8)18-21-17-9/h3-4,7H,1-2H3,(H2,15,20)(H,16,19). The summed E-state index contributed by atoms with van der Waals surface area (Å²) in [4.78, 5) is 12.5. The summed E-state index contributed by atoms with van der Waals surface area (Å²) in [6.07, 6.45) is 0. The molecular weight excluding hydrogens is 351 g/mol. The third-order valence-electron chi connectivity index (χ3n) is 2.95. The molecule has 1 heterocycles. The van der Waals surface area contributed by atoms with Gasteiger partial charge in [-0.15, -0.1) is 0 Å². The number of aromatic nitrogens is 2. The number of thiocarbonyl (C=S) groups is 1. The summed E-state index contributed by atoms with van der Waals surface area (Å²) in [5, 5.41) is 3.41. The fraction of sp³-hybridized carbons (Fsp3) is 0.333. The van der Waals surface area contributed by atoms with Crippen LogP contribution in [0.4, 0.5) is 5.69 Å². The second-order valence-corrected chi connectivity index (χ2v) is 6.60. The summed E-state index contributed by atoms with van der Waals surface area (Å²) in [5.41, 5.74) is 6.96. The van der Waals surface area contributed by atoms with E-state index in [1.807, 2.05) is 13.8 Å². The second kappa shape index (κ2) is 6.39. The monoisotopic (exact) mass is 362 g/mol. The van der Waals surface area contributed by atoms with Gasteiger partial charge in [-0.05, 0) is 12.0 Å². The summed E-state index contributed by atoms with van der Waals surface area (Å²) >= 11 is 18.1. The number of nitrogens with two attached hydrogens (primary N) is 1. The quantitative estimate of drug-likeness (QED) is 0.813. The molecule has 1 amide bonds. The first-order valence-electron chi connectivity index (χ1n) is 6.03. The molecule has 1 atom stereocenters. The predicted octanol–water partition coefficient (Wildman–Crippen LogP) is 3.49. The van der Waals surface area contributed by atoms with Crippen molar-refractivity contribution in [2.24, 2.45) is 17.6 Å². The van der Waals surface area contributed by atoms with E-state index in [1.165, 1.54) is 6.07 Å². The first-order chi connectivity index (χ1) is 9.82. The number of anilines is 1. The molecule has 2 aromatic rings. The molecule has 0 aliphatic heterocycles. The number of nitrogens with zero attached hydrogens (tertiary/aromatic N) is 2. The van der Waals surface area contributed by atoms with E-state index < -0.39 is 5.92 Å². The summed E-state index contributed by atoms with van der Waals surface area (Å²) in [6.45, 7) is 3.74. The highest BCUT2D eigenvalue weighted by Crippen LogP contribution is 2.35. The minimum atomic E-state index is -0.589. The zero-order valence-corrected chi connectivity index (χ0v) is 14.3. The van der Waals surface area contributed by atoms with Crippen molar-refractivity contribution >= 4 is 74.8 Å². The second-order valence-electron chi connectivity index (χ2n) is 4.79. The number of carbonyl (C=O) groups is 1. The van der Waals surface area contributed by atoms with Crippen molar-refractivity contribution in [3.8, 4) is 0 Å². The molecule has 9 heteroatoms. The van der Waals surface area contributed by atoms with Crippen LogP contribution in [0.5, 0.6) is 0 Å². The van der Waals surface area contributed by atoms with Crippen molar-refractivity contribution in [1.29, 1.82) is 0 Å². The lowest BCUT2D eigenvalue weighted by molar-refractivity contribution is -0.118. The smallest absolute Gasteiger partial charge is 0.234 e. The predicted molar refractivity (Wildman–Crippen MR) is 91.2 cm³/mol. The number of benzene rings is 1. The van der Waals surface area contributed by atoms with Crippen molar-refractivity contribution in [2.75, 3.05) is 5.32 Å². The number of carbonyl (C=O) groups excluding carboxylic acids is 1. The zero-order valence-electron chi connectivity index (χ0n) is 11.2. The van der Waals surface area contributed by atoms with E-state index in [2.05, 4.69) is 14.1 Å². The molecule has 2 rings (SSSR count). The third-order valence-corrected chi connectivity index (χ3v) is 4.32. The lowest BCUT2D eigenvalue weighted by Gasteiger charge is -2.19. The molecule has 0 spiro atoms. The Morgan fingerprint density at radius 3 is 2.52 bits per heavy atom. The van der Waals surface area contributed by atoms with E-state index in [9.17, 15) is 4.79 Å². The first-order valence-corrected chi connectivity index (χ1v) is 7.92.